The van der Waals surface area contributed by atoms with E-state index < -0.39 is 5.97 Å². The summed E-state index contributed by atoms with van der Waals surface area (Å²) in [5, 5.41) is 6.68. The molecule has 0 aromatic carbocycles. The molecule has 0 spiro atoms. The molecule has 0 aliphatic heterocycles. The minimum Gasteiger partial charge on any atom is -0.464 e. The van der Waals surface area contributed by atoms with Crippen LogP contribution in [-0.2, 0) is 11.3 Å². The number of carbonyl (C=O) groups excluding carboxylic acids is 1. The Morgan fingerprint density at radius 3 is 3.12 bits per heavy atom. The zero-order valence-electron chi connectivity index (χ0n) is 9.08. The summed E-state index contributed by atoms with van der Waals surface area (Å²) in [7, 11) is 1.31. The fraction of sp³-hybridized carbons (Fsp3) is 0.200. The topological polar surface area (TPSA) is 90.1 Å². The van der Waals surface area contributed by atoms with E-state index in [0.717, 1.165) is 5.69 Å². The maximum atomic E-state index is 11.2. The molecular formula is C10H10N4O3. The lowest BCUT2D eigenvalue weighted by Crippen LogP contribution is -2.06. The van der Waals surface area contributed by atoms with Gasteiger partial charge in [-0.2, -0.15) is 4.98 Å². The summed E-state index contributed by atoms with van der Waals surface area (Å²) >= 11 is 0. The Labute approximate surface area is 96.8 Å². The minimum atomic E-state index is -0.479. The molecule has 2 aromatic rings. The highest BCUT2D eigenvalue weighted by molar-refractivity contribution is 5.88. The summed E-state index contributed by atoms with van der Waals surface area (Å²) in [6, 6.07) is 3.32. The minimum absolute atomic E-state index is 0.241. The molecule has 0 aliphatic rings. The largest absolute Gasteiger partial charge is 0.464 e. The lowest BCUT2D eigenvalue weighted by molar-refractivity contribution is 0.0594. The van der Waals surface area contributed by atoms with E-state index in [4.69, 9.17) is 0 Å². The van der Waals surface area contributed by atoms with Gasteiger partial charge in [0.05, 0.1) is 13.7 Å². The standard InChI is InChI=1S/C10H10N4O3/c1-16-10(15)8-4-7(2-3-11-8)12-5-9-13-6-17-14-9/h2-4,6H,5H2,1H3,(H,11,12). The average Bonchev–Trinajstić information content (AvgIpc) is 2.89. The number of methoxy groups -OCH3 is 1. The number of rotatable bonds is 4. The first-order valence-corrected chi connectivity index (χ1v) is 4.83. The zero-order valence-corrected chi connectivity index (χ0v) is 9.08. The molecule has 7 heteroatoms. The van der Waals surface area contributed by atoms with Crippen molar-refractivity contribution in [3.63, 3.8) is 0 Å². The van der Waals surface area contributed by atoms with Crippen LogP contribution in [0.3, 0.4) is 0 Å². The molecule has 17 heavy (non-hydrogen) atoms. The van der Waals surface area contributed by atoms with Gasteiger partial charge in [0.15, 0.2) is 5.82 Å². The average molecular weight is 234 g/mol. The van der Waals surface area contributed by atoms with Gasteiger partial charge in [0.1, 0.15) is 5.69 Å². The fourth-order valence-corrected chi connectivity index (χ4v) is 1.21. The van der Waals surface area contributed by atoms with E-state index in [-0.39, 0.29) is 5.69 Å². The van der Waals surface area contributed by atoms with Gasteiger partial charge < -0.3 is 14.6 Å². The van der Waals surface area contributed by atoms with E-state index in [9.17, 15) is 4.79 Å². The molecule has 0 saturated carbocycles. The Morgan fingerprint density at radius 1 is 1.53 bits per heavy atom. The number of nitrogens with zero attached hydrogens (tertiary/aromatic N) is 3. The molecule has 2 heterocycles. The van der Waals surface area contributed by atoms with Crippen LogP contribution in [0.2, 0.25) is 0 Å². The Morgan fingerprint density at radius 2 is 2.41 bits per heavy atom. The molecule has 0 aliphatic carbocycles. The van der Waals surface area contributed by atoms with Gasteiger partial charge in [-0.1, -0.05) is 5.16 Å². The smallest absolute Gasteiger partial charge is 0.356 e. The van der Waals surface area contributed by atoms with Crippen molar-refractivity contribution in [1.29, 1.82) is 0 Å². The van der Waals surface area contributed by atoms with E-state index in [0.29, 0.717) is 12.4 Å². The molecule has 0 atom stereocenters. The van der Waals surface area contributed by atoms with Crippen molar-refractivity contribution >= 4 is 11.7 Å². The number of esters is 1. The molecule has 0 fully saturated rings. The van der Waals surface area contributed by atoms with Crippen molar-refractivity contribution < 1.29 is 14.1 Å². The highest BCUT2D eigenvalue weighted by atomic mass is 16.5. The number of pyridine rings is 1. The predicted molar refractivity (Wildman–Crippen MR) is 57.2 cm³/mol. The molecule has 7 nitrogen and oxygen atoms in total. The first-order valence-electron chi connectivity index (χ1n) is 4.83. The van der Waals surface area contributed by atoms with Gasteiger partial charge >= 0.3 is 5.97 Å². The van der Waals surface area contributed by atoms with E-state index in [1.54, 1.807) is 12.1 Å². The summed E-state index contributed by atoms with van der Waals surface area (Å²) in [5.74, 6) is 0.0506. The number of ether oxygens (including phenoxy) is 1. The predicted octanol–water partition coefficient (Wildman–Crippen LogP) is 0.863. The molecule has 0 bridgehead atoms. The van der Waals surface area contributed by atoms with E-state index in [2.05, 4.69) is 29.7 Å². The fourth-order valence-electron chi connectivity index (χ4n) is 1.21. The van der Waals surface area contributed by atoms with Crippen LogP contribution < -0.4 is 5.32 Å². The van der Waals surface area contributed by atoms with E-state index in [1.807, 2.05) is 0 Å². The van der Waals surface area contributed by atoms with Gasteiger partial charge in [-0.3, -0.25) is 0 Å². The summed E-state index contributed by atoms with van der Waals surface area (Å²) < 4.78 is 9.17. The molecule has 0 amide bonds. The second kappa shape index (κ2) is 5.06. The van der Waals surface area contributed by atoms with Crippen LogP contribution in [0.5, 0.6) is 0 Å². The summed E-state index contributed by atoms with van der Waals surface area (Å²) in [4.78, 5) is 19.0. The van der Waals surface area contributed by atoms with Gasteiger partial charge in [0.2, 0.25) is 6.39 Å². The third kappa shape index (κ3) is 2.77. The van der Waals surface area contributed by atoms with E-state index >= 15 is 0 Å². The molecule has 88 valence electrons. The summed E-state index contributed by atoms with van der Waals surface area (Å²) in [6.45, 7) is 0.404. The maximum absolute atomic E-state index is 11.2. The first-order chi connectivity index (χ1) is 8.29. The second-order valence-corrected chi connectivity index (χ2v) is 3.12. The molecule has 0 saturated heterocycles. The van der Waals surface area contributed by atoms with Crippen LogP contribution >= 0.6 is 0 Å². The zero-order chi connectivity index (χ0) is 12.1. The van der Waals surface area contributed by atoms with Crippen LogP contribution in [0.4, 0.5) is 5.69 Å². The third-order valence-electron chi connectivity index (χ3n) is 2.01. The van der Waals surface area contributed by atoms with Crippen molar-refractivity contribution in [3.8, 4) is 0 Å². The number of nitrogens with one attached hydrogen (secondary N) is 1. The van der Waals surface area contributed by atoms with Crippen molar-refractivity contribution in [2.75, 3.05) is 12.4 Å². The van der Waals surface area contributed by atoms with Crippen molar-refractivity contribution in [1.82, 2.24) is 15.1 Å². The normalized spacial score (nSPS) is 9.94. The summed E-state index contributed by atoms with van der Waals surface area (Å²) in [6.07, 6.45) is 2.77. The number of hydrogen-bond acceptors (Lipinski definition) is 7. The Balaban J connectivity index is 2.03. The molecular weight excluding hydrogens is 224 g/mol. The quantitative estimate of drug-likeness (QED) is 0.784. The van der Waals surface area contributed by atoms with Gasteiger partial charge in [0.25, 0.3) is 0 Å². The maximum Gasteiger partial charge on any atom is 0.356 e. The lowest BCUT2D eigenvalue weighted by atomic mass is 10.3. The molecule has 1 N–H and O–H groups in total. The number of hydrogen-bond donors (Lipinski definition) is 1. The third-order valence-corrected chi connectivity index (χ3v) is 2.01. The van der Waals surface area contributed by atoms with Crippen LogP contribution in [-0.4, -0.2) is 28.2 Å². The SMILES string of the molecule is COC(=O)c1cc(NCc2ncon2)ccn1. The van der Waals surface area contributed by atoms with Crippen molar-refractivity contribution in [2.45, 2.75) is 6.54 Å². The number of carbonyl (C=O) groups is 1. The van der Waals surface area contributed by atoms with Gasteiger partial charge in [-0.05, 0) is 12.1 Å². The number of aromatic nitrogens is 3. The molecule has 0 unspecified atom stereocenters. The molecule has 0 radical (unpaired) electrons. The molecule has 2 rings (SSSR count). The van der Waals surface area contributed by atoms with Gasteiger partial charge in [0, 0.05) is 11.9 Å². The Bertz CT molecular complexity index is 498. The highest BCUT2D eigenvalue weighted by Gasteiger charge is 2.07. The lowest BCUT2D eigenvalue weighted by Gasteiger charge is -2.04. The van der Waals surface area contributed by atoms with Crippen LogP contribution in [0, 0.1) is 0 Å². The second-order valence-electron chi connectivity index (χ2n) is 3.12. The Kier molecular flexibility index (Phi) is 3.29. The number of anilines is 1. The highest BCUT2D eigenvalue weighted by Crippen LogP contribution is 2.09. The summed E-state index contributed by atoms with van der Waals surface area (Å²) in [5.41, 5.74) is 0.968. The first kappa shape index (κ1) is 11.1. The monoisotopic (exact) mass is 234 g/mol. The van der Waals surface area contributed by atoms with Gasteiger partial charge in [-0.15, -0.1) is 0 Å². The van der Waals surface area contributed by atoms with E-state index in [1.165, 1.54) is 19.7 Å². The Hall–Kier alpha value is -2.44. The van der Waals surface area contributed by atoms with Crippen molar-refractivity contribution in [2.24, 2.45) is 0 Å². The van der Waals surface area contributed by atoms with Crippen molar-refractivity contribution in [3.05, 3.63) is 36.2 Å². The van der Waals surface area contributed by atoms with Crippen LogP contribution in [0.15, 0.2) is 29.2 Å². The van der Waals surface area contributed by atoms with Crippen LogP contribution in [0.1, 0.15) is 16.3 Å². The van der Waals surface area contributed by atoms with Gasteiger partial charge in [-0.25, -0.2) is 9.78 Å². The van der Waals surface area contributed by atoms with Crippen LogP contribution in [0.25, 0.3) is 0 Å². The molecule has 2 aromatic heterocycles.